The van der Waals surface area contributed by atoms with Crippen molar-refractivity contribution in [3.8, 4) is 22.9 Å². The highest BCUT2D eigenvalue weighted by molar-refractivity contribution is 5.64. The average Bonchev–Trinajstić information content (AvgIpc) is 2.73. The van der Waals surface area contributed by atoms with Gasteiger partial charge in [-0.1, -0.05) is 57.2 Å². The standard InChI is InChI=1S/C24H26N4O/c1-24(2,3)17-28(23-26-14-13-21(15-25)27-23)16-18-5-7-19(8-6-18)20-9-11-22(29-4)12-10-20/h5-14H,16-17H2,1-4H3. The number of anilines is 1. The SMILES string of the molecule is COc1ccc(-c2ccc(CN(CC(C)(C)C)c3nccc(C#N)n3)cc2)cc1. The second kappa shape index (κ2) is 8.74. The molecule has 0 atom stereocenters. The fourth-order valence-electron chi connectivity index (χ4n) is 3.14. The van der Waals surface area contributed by atoms with Crippen LogP contribution in [0.25, 0.3) is 11.1 Å². The van der Waals surface area contributed by atoms with Gasteiger partial charge in [-0.25, -0.2) is 9.97 Å². The van der Waals surface area contributed by atoms with Crippen molar-refractivity contribution in [1.82, 2.24) is 9.97 Å². The molecular formula is C24H26N4O. The van der Waals surface area contributed by atoms with Crippen molar-refractivity contribution in [2.24, 2.45) is 5.41 Å². The van der Waals surface area contributed by atoms with Crippen LogP contribution < -0.4 is 9.64 Å². The number of aromatic nitrogens is 2. The summed E-state index contributed by atoms with van der Waals surface area (Å²) in [5, 5.41) is 9.17. The van der Waals surface area contributed by atoms with E-state index in [1.165, 1.54) is 0 Å². The third-order valence-electron chi connectivity index (χ3n) is 4.46. The predicted octanol–water partition coefficient (Wildman–Crippen LogP) is 5.08. The Morgan fingerprint density at radius 2 is 1.59 bits per heavy atom. The summed E-state index contributed by atoms with van der Waals surface area (Å²) in [6.07, 6.45) is 1.64. The van der Waals surface area contributed by atoms with E-state index in [9.17, 15) is 5.26 Å². The maximum absolute atomic E-state index is 9.17. The molecule has 0 N–H and O–H groups in total. The van der Waals surface area contributed by atoms with E-state index in [0.717, 1.165) is 29.0 Å². The molecule has 148 valence electrons. The van der Waals surface area contributed by atoms with Gasteiger partial charge in [0.05, 0.1) is 7.11 Å². The summed E-state index contributed by atoms with van der Waals surface area (Å²) in [4.78, 5) is 10.9. The van der Waals surface area contributed by atoms with Gasteiger partial charge < -0.3 is 9.64 Å². The van der Waals surface area contributed by atoms with Gasteiger partial charge in [-0.15, -0.1) is 0 Å². The Morgan fingerprint density at radius 3 is 2.14 bits per heavy atom. The van der Waals surface area contributed by atoms with E-state index >= 15 is 0 Å². The fraction of sp³-hybridized carbons (Fsp3) is 0.292. The van der Waals surface area contributed by atoms with Crippen molar-refractivity contribution in [2.75, 3.05) is 18.6 Å². The number of nitrogens with zero attached hydrogens (tertiary/aromatic N) is 4. The molecule has 1 heterocycles. The normalized spacial score (nSPS) is 11.0. The minimum absolute atomic E-state index is 0.0645. The zero-order valence-electron chi connectivity index (χ0n) is 17.4. The number of nitriles is 1. The van der Waals surface area contributed by atoms with Crippen molar-refractivity contribution in [2.45, 2.75) is 27.3 Å². The smallest absolute Gasteiger partial charge is 0.226 e. The minimum atomic E-state index is 0.0645. The van der Waals surface area contributed by atoms with E-state index in [4.69, 9.17) is 4.74 Å². The monoisotopic (exact) mass is 386 g/mol. The van der Waals surface area contributed by atoms with Gasteiger partial charge in [-0.2, -0.15) is 5.26 Å². The second-order valence-corrected chi connectivity index (χ2v) is 8.20. The summed E-state index contributed by atoms with van der Waals surface area (Å²) in [7, 11) is 1.67. The highest BCUT2D eigenvalue weighted by atomic mass is 16.5. The number of methoxy groups -OCH3 is 1. The van der Waals surface area contributed by atoms with E-state index in [1.54, 1.807) is 19.4 Å². The average molecular weight is 386 g/mol. The van der Waals surface area contributed by atoms with Crippen LogP contribution in [0.1, 0.15) is 32.0 Å². The third-order valence-corrected chi connectivity index (χ3v) is 4.46. The van der Waals surface area contributed by atoms with E-state index in [-0.39, 0.29) is 5.41 Å². The van der Waals surface area contributed by atoms with Gasteiger partial charge in [-0.3, -0.25) is 0 Å². The Kier molecular flexibility index (Phi) is 6.13. The second-order valence-electron chi connectivity index (χ2n) is 8.20. The van der Waals surface area contributed by atoms with Crippen LogP contribution in [0, 0.1) is 16.7 Å². The number of rotatable bonds is 6. The van der Waals surface area contributed by atoms with Crippen molar-refractivity contribution in [3.05, 3.63) is 72.1 Å². The van der Waals surface area contributed by atoms with Crippen LogP contribution in [0.4, 0.5) is 5.95 Å². The summed E-state index contributed by atoms with van der Waals surface area (Å²) < 4.78 is 5.23. The Bertz CT molecular complexity index is 983. The molecule has 2 aromatic carbocycles. The molecule has 0 bridgehead atoms. The molecule has 0 fully saturated rings. The topological polar surface area (TPSA) is 62.0 Å². The van der Waals surface area contributed by atoms with Gasteiger partial charge in [0.1, 0.15) is 17.5 Å². The number of hydrogen-bond acceptors (Lipinski definition) is 5. The van der Waals surface area contributed by atoms with Crippen molar-refractivity contribution in [1.29, 1.82) is 5.26 Å². The molecule has 0 amide bonds. The maximum Gasteiger partial charge on any atom is 0.226 e. The van der Waals surface area contributed by atoms with Crippen LogP contribution in [0.5, 0.6) is 5.75 Å². The molecule has 0 aliphatic carbocycles. The number of hydrogen-bond donors (Lipinski definition) is 0. The van der Waals surface area contributed by atoms with Gasteiger partial charge >= 0.3 is 0 Å². The van der Waals surface area contributed by atoms with Gasteiger partial charge in [0, 0.05) is 19.3 Å². The van der Waals surface area contributed by atoms with E-state index < -0.39 is 0 Å². The molecule has 3 rings (SSSR count). The van der Waals surface area contributed by atoms with Gasteiger partial charge in [-0.05, 0) is 40.3 Å². The van der Waals surface area contributed by atoms with Crippen molar-refractivity contribution >= 4 is 5.95 Å². The zero-order chi connectivity index (χ0) is 20.9. The van der Waals surface area contributed by atoms with Gasteiger partial charge in [0.15, 0.2) is 0 Å². The summed E-state index contributed by atoms with van der Waals surface area (Å²) in [5.74, 6) is 1.43. The summed E-state index contributed by atoms with van der Waals surface area (Å²) in [6.45, 7) is 8.00. The van der Waals surface area contributed by atoms with Crippen LogP contribution in [0.15, 0.2) is 60.8 Å². The van der Waals surface area contributed by atoms with Crippen LogP contribution in [0.2, 0.25) is 0 Å². The third kappa shape index (κ3) is 5.55. The molecule has 1 aromatic heterocycles. The molecule has 0 aliphatic heterocycles. The van der Waals surface area contributed by atoms with Crippen LogP contribution in [0.3, 0.4) is 0 Å². The van der Waals surface area contributed by atoms with E-state index in [0.29, 0.717) is 18.2 Å². The largest absolute Gasteiger partial charge is 0.497 e. The Hall–Kier alpha value is -3.39. The lowest BCUT2D eigenvalue weighted by Crippen LogP contribution is -2.33. The van der Waals surface area contributed by atoms with Gasteiger partial charge in [0.25, 0.3) is 0 Å². The lowest BCUT2D eigenvalue weighted by Gasteiger charge is -2.30. The lowest BCUT2D eigenvalue weighted by molar-refractivity contribution is 0.406. The summed E-state index contributed by atoms with van der Waals surface area (Å²) >= 11 is 0. The van der Waals surface area contributed by atoms with Crippen molar-refractivity contribution in [3.63, 3.8) is 0 Å². The zero-order valence-corrected chi connectivity index (χ0v) is 17.4. The first-order chi connectivity index (χ1) is 13.9. The summed E-state index contributed by atoms with van der Waals surface area (Å²) in [5.41, 5.74) is 3.91. The molecule has 0 unspecified atom stereocenters. The Balaban J connectivity index is 1.82. The van der Waals surface area contributed by atoms with Crippen LogP contribution >= 0.6 is 0 Å². The highest BCUT2D eigenvalue weighted by Gasteiger charge is 2.19. The molecular weight excluding hydrogens is 360 g/mol. The number of benzene rings is 2. The molecule has 0 saturated heterocycles. The predicted molar refractivity (Wildman–Crippen MR) is 116 cm³/mol. The maximum atomic E-state index is 9.17. The Morgan fingerprint density at radius 1 is 0.966 bits per heavy atom. The molecule has 0 spiro atoms. The van der Waals surface area contributed by atoms with Crippen LogP contribution in [-0.4, -0.2) is 23.6 Å². The quantitative estimate of drug-likeness (QED) is 0.591. The molecule has 0 aliphatic rings. The fourth-order valence-corrected chi connectivity index (χ4v) is 3.14. The summed E-state index contributed by atoms with van der Waals surface area (Å²) in [6, 6.07) is 20.3. The first kappa shape index (κ1) is 20.3. The molecule has 5 heteroatoms. The van der Waals surface area contributed by atoms with Crippen LogP contribution in [-0.2, 0) is 6.54 Å². The molecule has 0 radical (unpaired) electrons. The van der Waals surface area contributed by atoms with Crippen molar-refractivity contribution < 1.29 is 4.74 Å². The molecule has 0 saturated carbocycles. The molecule has 3 aromatic rings. The van der Waals surface area contributed by atoms with Gasteiger partial charge in [0.2, 0.25) is 5.95 Å². The highest BCUT2D eigenvalue weighted by Crippen LogP contribution is 2.25. The molecule has 29 heavy (non-hydrogen) atoms. The first-order valence-corrected chi connectivity index (χ1v) is 9.59. The number of ether oxygens (including phenoxy) is 1. The van der Waals surface area contributed by atoms with E-state index in [1.807, 2.05) is 12.1 Å². The first-order valence-electron chi connectivity index (χ1n) is 9.59. The Labute approximate surface area is 172 Å². The minimum Gasteiger partial charge on any atom is -0.497 e. The molecule has 5 nitrogen and oxygen atoms in total. The lowest BCUT2D eigenvalue weighted by atomic mass is 9.96. The van der Waals surface area contributed by atoms with E-state index in [2.05, 4.69) is 78.1 Å².